The summed E-state index contributed by atoms with van der Waals surface area (Å²) in [6.07, 6.45) is 6.54. The molecule has 74 heavy (non-hydrogen) atoms. The van der Waals surface area contributed by atoms with Crippen molar-refractivity contribution in [2.24, 2.45) is 5.92 Å². The predicted octanol–water partition coefficient (Wildman–Crippen LogP) is 16.4. The maximum Gasteiger partial charge on any atom is 0.339 e. The van der Waals surface area contributed by atoms with Crippen LogP contribution in [0, 0.1) is 33.6 Å². The molecule has 9 nitrogen and oxygen atoms in total. The van der Waals surface area contributed by atoms with Crippen LogP contribution in [0.15, 0.2) is 48.5 Å². The Kier molecular flexibility index (Phi) is 21.8. The molecule has 0 atom stereocenters. The maximum absolute atomic E-state index is 13.5. The van der Waals surface area contributed by atoms with Crippen molar-refractivity contribution in [1.29, 1.82) is 0 Å². The number of esters is 3. The molecule has 5 rings (SSSR count). The van der Waals surface area contributed by atoms with Crippen LogP contribution < -0.4 is 0 Å². The van der Waals surface area contributed by atoms with Crippen LogP contribution in [0.25, 0.3) is 4.91 Å². The van der Waals surface area contributed by atoms with Crippen molar-refractivity contribution in [3.63, 3.8) is 0 Å². The molecule has 0 saturated carbocycles. The Bertz CT molecular complexity index is 2630. The SMILES string of the molecule is CC(C)CCCCCOC(=O)CSCc1cc(C(C)(C)C)c(O)c(C(C)(C)C)c1.Cc1cc(C(C)(C)C)c(O)c(C)c1COC(=O)c1ccc(C(=O)OCc2c(C)cc(C(C)(C)C)c(O)c2C)c(C2=CCSS2)c1. The molecule has 0 amide bonds. The van der Waals surface area contributed by atoms with E-state index in [-0.39, 0.29) is 52.3 Å². The lowest BCUT2D eigenvalue weighted by molar-refractivity contribution is -0.140. The average Bonchev–Trinajstić information content (AvgIpc) is 3.84. The van der Waals surface area contributed by atoms with Gasteiger partial charge < -0.3 is 29.5 Å². The van der Waals surface area contributed by atoms with Crippen LogP contribution in [0.3, 0.4) is 0 Å². The Balaban J connectivity index is 0.000000354. The summed E-state index contributed by atoms with van der Waals surface area (Å²) in [5.41, 5.74) is 10.1. The molecule has 0 spiro atoms. The number of phenols is 3. The largest absolute Gasteiger partial charge is 0.507 e. The lowest BCUT2D eigenvalue weighted by Crippen LogP contribution is -2.18. The second kappa shape index (κ2) is 26.0. The summed E-state index contributed by atoms with van der Waals surface area (Å²) in [6.45, 7) is 37.6. The fraction of sp³-hybridized carbons (Fsp3) is 0.532. The minimum absolute atomic E-state index is 0.0121. The number of aromatic hydroxyl groups is 3. The summed E-state index contributed by atoms with van der Waals surface area (Å²) in [7, 11) is 3.20. The monoisotopic (exact) mass is 1070 g/mol. The third-order valence-electron chi connectivity index (χ3n) is 13.3. The van der Waals surface area contributed by atoms with Crippen molar-refractivity contribution in [2.45, 2.75) is 191 Å². The van der Waals surface area contributed by atoms with Gasteiger partial charge in [-0.2, -0.15) is 0 Å². The molecular formula is C62H86O9S3. The summed E-state index contributed by atoms with van der Waals surface area (Å²) in [5, 5.41) is 32.6. The van der Waals surface area contributed by atoms with E-state index in [1.165, 1.54) is 12.8 Å². The summed E-state index contributed by atoms with van der Waals surface area (Å²) in [4.78, 5) is 39.6. The lowest BCUT2D eigenvalue weighted by Gasteiger charge is -2.28. The van der Waals surface area contributed by atoms with Gasteiger partial charge in [-0.15, -0.1) is 11.8 Å². The van der Waals surface area contributed by atoms with Crippen molar-refractivity contribution in [1.82, 2.24) is 0 Å². The standard InChI is InChI=1S/C37H44O6S2.C25H42O3S/c1-20-15-29(36(5,6)7)32(38)22(3)27(20)18-42-34(40)24-11-12-25(26(17-24)31-13-14-44-45-31)35(41)43-19-28-21(2)16-30(37(8,9)10)33(39)23(28)4;1-18(2)12-10-9-11-13-28-22(26)17-29-16-19-14-20(24(3,4)5)23(27)21(15-19)25(6,7)8/h11-13,15-17,38-39H,14,18-19H2,1-10H3;14-15,18,27H,9-13,16-17H2,1-8H3. The van der Waals surface area contributed by atoms with E-state index in [1.54, 1.807) is 51.5 Å². The van der Waals surface area contributed by atoms with Gasteiger partial charge in [-0.1, -0.05) is 168 Å². The first-order valence-electron chi connectivity index (χ1n) is 26.0. The number of aryl methyl sites for hydroxylation is 2. The second-order valence-corrected chi connectivity index (χ2v) is 27.6. The molecule has 4 aromatic rings. The van der Waals surface area contributed by atoms with E-state index in [1.807, 2.05) is 87.4 Å². The van der Waals surface area contributed by atoms with E-state index in [9.17, 15) is 29.7 Å². The first-order chi connectivity index (χ1) is 34.2. The van der Waals surface area contributed by atoms with E-state index in [0.29, 0.717) is 45.9 Å². The van der Waals surface area contributed by atoms with Gasteiger partial charge in [-0.25, -0.2) is 9.59 Å². The number of phenolic OH excluding ortho intramolecular Hbond substituents is 3. The van der Waals surface area contributed by atoms with Gasteiger partial charge in [0.1, 0.15) is 30.5 Å². The Morgan fingerprint density at radius 3 is 1.57 bits per heavy atom. The van der Waals surface area contributed by atoms with Crippen LogP contribution in [-0.4, -0.2) is 51.3 Å². The number of benzene rings is 4. The minimum Gasteiger partial charge on any atom is -0.507 e. The molecular weight excluding hydrogens is 985 g/mol. The number of carbonyl (C=O) groups is 3. The van der Waals surface area contributed by atoms with Gasteiger partial charge in [0, 0.05) is 22.0 Å². The molecule has 4 aromatic carbocycles. The summed E-state index contributed by atoms with van der Waals surface area (Å²) < 4.78 is 16.9. The smallest absolute Gasteiger partial charge is 0.339 e. The molecule has 1 aliphatic heterocycles. The van der Waals surface area contributed by atoms with Crippen LogP contribution in [0.4, 0.5) is 0 Å². The van der Waals surface area contributed by atoms with Gasteiger partial charge in [0.25, 0.3) is 0 Å². The highest BCUT2D eigenvalue weighted by molar-refractivity contribution is 8.80. The molecule has 0 fully saturated rings. The van der Waals surface area contributed by atoms with Gasteiger partial charge in [0.15, 0.2) is 0 Å². The van der Waals surface area contributed by atoms with Gasteiger partial charge in [-0.3, -0.25) is 4.79 Å². The molecule has 0 saturated heterocycles. The van der Waals surface area contributed by atoms with Crippen LogP contribution in [0.1, 0.15) is 210 Å². The molecule has 3 N–H and O–H groups in total. The van der Waals surface area contributed by atoms with Crippen LogP contribution in [0.2, 0.25) is 0 Å². The van der Waals surface area contributed by atoms with E-state index >= 15 is 0 Å². The van der Waals surface area contributed by atoms with Crippen molar-refractivity contribution >= 4 is 56.2 Å². The van der Waals surface area contributed by atoms with Crippen molar-refractivity contribution < 1.29 is 43.9 Å². The third-order valence-corrected chi connectivity index (χ3v) is 16.6. The number of thioether (sulfide) groups is 1. The average molecular weight is 1070 g/mol. The normalized spacial score (nSPS) is 13.1. The number of carbonyl (C=O) groups excluding carboxylic acids is 3. The molecule has 1 aliphatic rings. The van der Waals surface area contributed by atoms with Crippen molar-refractivity contribution in [3.05, 3.63) is 126 Å². The summed E-state index contributed by atoms with van der Waals surface area (Å²) in [5.74, 6) is 2.29. The summed E-state index contributed by atoms with van der Waals surface area (Å²) in [6, 6.07) is 12.9. The third kappa shape index (κ3) is 17.0. The maximum atomic E-state index is 13.5. The fourth-order valence-corrected chi connectivity index (χ4v) is 11.7. The summed E-state index contributed by atoms with van der Waals surface area (Å²) >= 11 is 1.58. The number of hydrogen-bond acceptors (Lipinski definition) is 12. The van der Waals surface area contributed by atoms with Crippen LogP contribution in [-0.2, 0) is 59.6 Å². The Morgan fingerprint density at radius 2 is 1.11 bits per heavy atom. The molecule has 0 radical (unpaired) electrons. The minimum atomic E-state index is -0.522. The van der Waals surface area contributed by atoms with Gasteiger partial charge in [0.05, 0.1) is 23.5 Å². The first kappa shape index (κ1) is 62.0. The zero-order chi connectivity index (χ0) is 55.7. The van der Waals surface area contributed by atoms with E-state index in [4.69, 9.17) is 14.2 Å². The van der Waals surface area contributed by atoms with E-state index < -0.39 is 11.9 Å². The van der Waals surface area contributed by atoms with Crippen molar-refractivity contribution in [3.8, 4) is 17.2 Å². The molecule has 406 valence electrons. The quantitative estimate of drug-likeness (QED) is 0.0401. The molecule has 12 heteroatoms. The topological polar surface area (TPSA) is 140 Å². The highest BCUT2D eigenvalue weighted by Crippen LogP contribution is 2.45. The molecule has 0 bridgehead atoms. The highest BCUT2D eigenvalue weighted by Gasteiger charge is 2.29. The first-order valence-corrected chi connectivity index (χ1v) is 29.4. The van der Waals surface area contributed by atoms with Gasteiger partial charge in [-0.05, 0) is 141 Å². The molecule has 1 heterocycles. The zero-order valence-electron chi connectivity index (χ0n) is 47.8. The van der Waals surface area contributed by atoms with Gasteiger partial charge >= 0.3 is 17.9 Å². The lowest BCUT2D eigenvalue weighted by atomic mass is 9.78. The van der Waals surface area contributed by atoms with Crippen LogP contribution in [0.5, 0.6) is 17.2 Å². The zero-order valence-corrected chi connectivity index (χ0v) is 50.2. The number of rotatable bonds is 17. The Morgan fingerprint density at radius 1 is 0.622 bits per heavy atom. The molecule has 0 aliphatic carbocycles. The molecule has 0 aromatic heterocycles. The van der Waals surface area contributed by atoms with Crippen molar-refractivity contribution in [2.75, 3.05) is 18.1 Å². The fourth-order valence-electron chi connectivity index (χ4n) is 8.73. The number of ether oxygens (including phenoxy) is 3. The van der Waals surface area contributed by atoms with Gasteiger partial charge in [0.2, 0.25) is 0 Å². The van der Waals surface area contributed by atoms with E-state index in [2.05, 4.69) is 67.5 Å². The number of hydrogen-bond donors (Lipinski definition) is 3. The Hall–Kier alpha value is -4.52. The number of unbranched alkanes of at least 4 members (excludes halogenated alkanes) is 2. The van der Waals surface area contributed by atoms with E-state index in [0.717, 1.165) is 85.2 Å². The Labute approximate surface area is 456 Å². The second-order valence-electron chi connectivity index (χ2n) is 24.2. The predicted molar refractivity (Wildman–Crippen MR) is 311 cm³/mol. The molecule has 0 unspecified atom stereocenters. The van der Waals surface area contributed by atoms with Crippen LogP contribution >= 0.6 is 33.3 Å². The highest BCUT2D eigenvalue weighted by atomic mass is 33.1.